The highest BCUT2D eigenvalue weighted by Gasteiger charge is 2.10. The minimum atomic E-state index is 0.870. The van der Waals surface area contributed by atoms with Gasteiger partial charge in [-0.05, 0) is 35.2 Å². The van der Waals surface area contributed by atoms with E-state index in [1.54, 1.807) is 0 Å². The summed E-state index contributed by atoms with van der Waals surface area (Å²) in [7, 11) is 2.04. The predicted molar refractivity (Wildman–Crippen MR) is 97.1 cm³/mol. The van der Waals surface area contributed by atoms with E-state index in [2.05, 4.69) is 56.9 Å². The number of ether oxygens (including phenoxy) is 1. The Morgan fingerprint density at radius 2 is 1.75 bits per heavy atom. The van der Waals surface area contributed by atoms with Crippen molar-refractivity contribution in [2.24, 2.45) is 7.05 Å². The molecule has 0 bridgehead atoms. The highest BCUT2D eigenvalue weighted by atomic mass is 16.5. The fourth-order valence-corrected chi connectivity index (χ4v) is 3.28. The Morgan fingerprint density at radius 1 is 1.00 bits per heavy atom. The van der Waals surface area contributed by atoms with Gasteiger partial charge in [0.25, 0.3) is 0 Å². The molecule has 24 heavy (non-hydrogen) atoms. The van der Waals surface area contributed by atoms with Crippen molar-refractivity contribution in [2.45, 2.75) is 6.42 Å². The third-order valence-corrected chi connectivity index (χ3v) is 4.83. The van der Waals surface area contributed by atoms with Gasteiger partial charge >= 0.3 is 0 Å². The molecule has 1 aliphatic rings. The molecule has 0 N–H and O–H groups in total. The van der Waals surface area contributed by atoms with Gasteiger partial charge in [0, 0.05) is 26.7 Å². The molecule has 124 valence electrons. The molecular weight excluding hydrogens is 298 g/mol. The summed E-state index contributed by atoms with van der Waals surface area (Å²) >= 11 is 0. The zero-order valence-corrected chi connectivity index (χ0v) is 14.1. The van der Waals surface area contributed by atoms with Crippen LogP contribution in [0.3, 0.4) is 0 Å². The summed E-state index contributed by atoms with van der Waals surface area (Å²) in [5.74, 6) is 0. The maximum Gasteiger partial charge on any atom is 0.0955 e. The van der Waals surface area contributed by atoms with Crippen LogP contribution < -0.4 is 0 Å². The Bertz CT molecular complexity index is 817. The average Bonchev–Trinajstić information content (AvgIpc) is 3.02. The SMILES string of the molecule is Cn1cnc2ccc(-c3ccc(CCN4CCOCC4)cc3)cc21. The van der Waals surface area contributed by atoms with E-state index in [0.29, 0.717) is 0 Å². The van der Waals surface area contributed by atoms with Crippen LogP contribution in [0.1, 0.15) is 5.56 Å². The minimum absolute atomic E-state index is 0.870. The van der Waals surface area contributed by atoms with Crippen LogP contribution >= 0.6 is 0 Å². The van der Waals surface area contributed by atoms with Crippen LogP contribution in [0, 0.1) is 0 Å². The van der Waals surface area contributed by atoms with Crippen molar-refractivity contribution in [3.63, 3.8) is 0 Å². The largest absolute Gasteiger partial charge is 0.379 e. The molecule has 4 rings (SSSR count). The molecule has 2 aromatic carbocycles. The third kappa shape index (κ3) is 3.21. The van der Waals surface area contributed by atoms with E-state index in [-0.39, 0.29) is 0 Å². The summed E-state index contributed by atoms with van der Waals surface area (Å²) in [6, 6.07) is 15.4. The zero-order chi connectivity index (χ0) is 16.4. The van der Waals surface area contributed by atoms with Crippen molar-refractivity contribution in [3.8, 4) is 11.1 Å². The topological polar surface area (TPSA) is 30.3 Å². The first-order chi connectivity index (χ1) is 11.8. The fraction of sp³-hybridized carbons (Fsp3) is 0.350. The van der Waals surface area contributed by atoms with Crippen LogP contribution in [-0.2, 0) is 18.2 Å². The lowest BCUT2D eigenvalue weighted by Crippen LogP contribution is -2.37. The summed E-state index contributed by atoms with van der Waals surface area (Å²) in [5, 5.41) is 0. The van der Waals surface area contributed by atoms with E-state index in [1.807, 2.05) is 13.4 Å². The van der Waals surface area contributed by atoms with Gasteiger partial charge in [-0.2, -0.15) is 0 Å². The summed E-state index contributed by atoms with van der Waals surface area (Å²) in [5.41, 5.74) is 6.11. The van der Waals surface area contributed by atoms with Gasteiger partial charge in [0.05, 0.1) is 30.6 Å². The molecule has 1 saturated heterocycles. The number of aromatic nitrogens is 2. The van der Waals surface area contributed by atoms with Crippen LogP contribution in [0.2, 0.25) is 0 Å². The lowest BCUT2D eigenvalue weighted by molar-refractivity contribution is 0.0384. The van der Waals surface area contributed by atoms with Crippen LogP contribution in [-0.4, -0.2) is 47.3 Å². The van der Waals surface area contributed by atoms with Gasteiger partial charge in [0.15, 0.2) is 0 Å². The number of fused-ring (bicyclic) bond motifs is 1. The van der Waals surface area contributed by atoms with E-state index in [1.165, 1.54) is 22.2 Å². The normalized spacial score (nSPS) is 15.9. The quantitative estimate of drug-likeness (QED) is 0.740. The molecule has 2 heterocycles. The van der Waals surface area contributed by atoms with Crippen molar-refractivity contribution >= 4 is 11.0 Å². The molecule has 3 aromatic rings. The van der Waals surface area contributed by atoms with Crippen LogP contribution in [0.25, 0.3) is 22.2 Å². The van der Waals surface area contributed by atoms with Crippen LogP contribution in [0.5, 0.6) is 0 Å². The highest BCUT2D eigenvalue weighted by Crippen LogP contribution is 2.24. The van der Waals surface area contributed by atoms with E-state index < -0.39 is 0 Å². The first-order valence-electron chi connectivity index (χ1n) is 8.60. The number of nitrogens with zero attached hydrogens (tertiary/aromatic N) is 3. The zero-order valence-electron chi connectivity index (χ0n) is 14.1. The summed E-state index contributed by atoms with van der Waals surface area (Å²) < 4.78 is 7.47. The Labute approximate surface area is 142 Å². The molecule has 1 aromatic heterocycles. The summed E-state index contributed by atoms with van der Waals surface area (Å²) in [6.45, 7) is 4.97. The molecule has 0 spiro atoms. The van der Waals surface area contributed by atoms with Crippen molar-refractivity contribution in [2.75, 3.05) is 32.8 Å². The van der Waals surface area contributed by atoms with Gasteiger partial charge in [0.2, 0.25) is 0 Å². The van der Waals surface area contributed by atoms with Crippen LogP contribution in [0.4, 0.5) is 0 Å². The van der Waals surface area contributed by atoms with Gasteiger partial charge in [-0.25, -0.2) is 4.98 Å². The minimum Gasteiger partial charge on any atom is -0.379 e. The monoisotopic (exact) mass is 321 g/mol. The van der Waals surface area contributed by atoms with Gasteiger partial charge < -0.3 is 9.30 Å². The number of hydrogen-bond donors (Lipinski definition) is 0. The lowest BCUT2D eigenvalue weighted by Gasteiger charge is -2.26. The molecule has 0 radical (unpaired) electrons. The second kappa shape index (κ2) is 6.75. The molecule has 0 unspecified atom stereocenters. The molecule has 0 atom stereocenters. The molecule has 0 aliphatic carbocycles. The molecule has 0 amide bonds. The Hall–Kier alpha value is -2.17. The average molecular weight is 321 g/mol. The molecule has 1 aliphatic heterocycles. The van der Waals surface area contributed by atoms with Gasteiger partial charge in [-0.1, -0.05) is 30.3 Å². The first-order valence-corrected chi connectivity index (χ1v) is 8.60. The number of rotatable bonds is 4. The Kier molecular flexibility index (Phi) is 4.32. The molecule has 4 heteroatoms. The second-order valence-corrected chi connectivity index (χ2v) is 6.46. The maximum absolute atomic E-state index is 5.40. The highest BCUT2D eigenvalue weighted by molar-refractivity contribution is 5.82. The number of morpholine rings is 1. The van der Waals surface area contributed by atoms with Crippen molar-refractivity contribution in [1.82, 2.24) is 14.5 Å². The van der Waals surface area contributed by atoms with E-state index >= 15 is 0 Å². The Balaban J connectivity index is 1.46. The van der Waals surface area contributed by atoms with Crippen LogP contribution in [0.15, 0.2) is 48.8 Å². The lowest BCUT2D eigenvalue weighted by atomic mass is 10.0. The van der Waals surface area contributed by atoms with E-state index in [9.17, 15) is 0 Å². The first kappa shape index (κ1) is 15.4. The van der Waals surface area contributed by atoms with E-state index in [4.69, 9.17) is 4.74 Å². The second-order valence-electron chi connectivity index (χ2n) is 6.46. The standard InChI is InChI=1S/C20H23N3O/c1-22-15-21-19-7-6-18(14-20(19)22)17-4-2-16(3-5-17)8-9-23-10-12-24-13-11-23/h2-7,14-15H,8-13H2,1H3. The van der Waals surface area contributed by atoms with E-state index in [0.717, 1.165) is 44.8 Å². The number of hydrogen-bond acceptors (Lipinski definition) is 3. The predicted octanol–water partition coefficient (Wildman–Crippen LogP) is 3.12. The summed E-state index contributed by atoms with van der Waals surface area (Å²) in [4.78, 5) is 6.87. The molecule has 1 fully saturated rings. The van der Waals surface area contributed by atoms with Crippen molar-refractivity contribution in [3.05, 3.63) is 54.4 Å². The van der Waals surface area contributed by atoms with Gasteiger partial charge in [-0.3, -0.25) is 4.90 Å². The third-order valence-electron chi connectivity index (χ3n) is 4.83. The fourth-order valence-electron chi connectivity index (χ4n) is 3.28. The maximum atomic E-state index is 5.40. The van der Waals surface area contributed by atoms with Crippen molar-refractivity contribution < 1.29 is 4.74 Å². The number of benzene rings is 2. The molecular formula is C20H23N3O. The smallest absolute Gasteiger partial charge is 0.0955 e. The van der Waals surface area contributed by atoms with Gasteiger partial charge in [0.1, 0.15) is 0 Å². The number of imidazole rings is 1. The molecule has 0 saturated carbocycles. The van der Waals surface area contributed by atoms with Gasteiger partial charge in [-0.15, -0.1) is 0 Å². The van der Waals surface area contributed by atoms with Crippen molar-refractivity contribution in [1.29, 1.82) is 0 Å². The number of aryl methyl sites for hydroxylation is 1. The summed E-state index contributed by atoms with van der Waals surface area (Å²) in [6.07, 6.45) is 2.96. The Morgan fingerprint density at radius 3 is 2.54 bits per heavy atom. The molecule has 4 nitrogen and oxygen atoms in total.